The minimum absolute atomic E-state index is 0.00175. The summed E-state index contributed by atoms with van der Waals surface area (Å²) < 4.78 is 42.0. The number of carbonyl (C=O) groups excluding carboxylic acids is 1. The van der Waals surface area contributed by atoms with Gasteiger partial charge in [-0.05, 0) is 41.8 Å². The summed E-state index contributed by atoms with van der Waals surface area (Å²) in [5.41, 5.74) is 0.885. The maximum absolute atomic E-state index is 12.7. The zero-order valence-electron chi connectivity index (χ0n) is 14.1. The average molecular weight is 428 g/mol. The fourth-order valence-corrected chi connectivity index (χ4v) is 3.31. The Balaban J connectivity index is 1.94. The van der Waals surface area contributed by atoms with E-state index in [1.807, 2.05) is 0 Å². The molecule has 0 aliphatic heterocycles. The molecule has 3 rings (SSSR count). The molecule has 0 saturated carbocycles. The monoisotopic (exact) mass is 427 g/mol. The van der Waals surface area contributed by atoms with Crippen LogP contribution in [0.25, 0.3) is 10.8 Å². The lowest BCUT2D eigenvalue weighted by Gasteiger charge is -2.14. The molecule has 5 nitrogen and oxygen atoms in total. The Bertz CT molecular complexity index is 1030. The zero-order valence-corrected chi connectivity index (χ0v) is 15.7. The van der Waals surface area contributed by atoms with Gasteiger partial charge in [0.25, 0.3) is 0 Å². The summed E-state index contributed by atoms with van der Waals surface area (Å²) in [5, 5.41) is 9.22. The molecule has 0 spiro atoms. The second kappa shape index (κ2) is 8.26. The lowest BCUT2D eigenvalue weighted by molar-refractivity contribution is -0.275. The molecule has 1 heterocycles. The highest BCUT2D eigenvalue weighted by molar-refractivity contribution is 7.97. The van der Waals surface area contributed by atoms with Gasteiger partial charge >= 0.3 is 6.36 Å². The van der Waals surface area contributed by atoms with Crippen LogP contribution in [0.4, 0.5) is 18.9 Å². The van der Waals surface area contributed by atoms with Gasteiger partial charge in [0.1, 0.15) is 0 Å². The van der Waals surface area contributed by atoms with Crippen molar-refractivity contribution in [3.8, 4) is 5.88 Å². The highest BCUT2D eigenvalue weighted by Gasteiger charge is 2.32. The van der Waals surface area contributed by atoms with E-state index in [-0.39, 0.29) is 23.4 Å². The van der Waals surface area contributed by atoms with Crippen LogP contribution in [0.5, 0.6) is 5.88 Å². The number of ether oxygens (including phenoxy) is 1. The Morgan fingerprint density at radius 3 is 2.64 bits per heavy atom. The van der Waals surface area contributed by atoms with Crippen molar-refractivity contribution in [2.75, 3.05) is 5.32 Å². The maximum Gasteiger partial charge on any atom is 0.574 e. The minimum Gasteiger partial charge on any atom is -0.387 e. The van der Waals surface area contributed by atoms with Gasteiger partial charge in [0.15, 0.2) is 0 Å². The summed E-state index contributed by atoms with van der Waals surface area (Å²) in [6.07, 6.45) is -3.71. The number of halogens is 4. The molecule has 0 radical (unpaired) electrons. The number of nitrogens with zero attached hydrogens (tertiary/aromatic N) is 1. The number of carbonyl (C=O) groups is 1. The van der Waals surface area contributed by atoms with Crippen LogP contribution >= 0.6 is 23.5 Å². The fraction of sp³-hybridized carbons (Fsp3) is 0.111. The lowest BCUT2D eigenvalue weighted by Crippen LogP contribution is -2.18. The quantitative estimate of drug-likeness (QED) is 0.564. The molecule has 146 valence electrons. The van der Waals surface area contributed by atoms with Crippen LogP contribution in [-0.2, 0) is 11.2 Å². The molecule has 0 aliphatic carbocycles. The molecule has 28 heavy (non-hydrogen) atoms. The van der Waals surface area contributed by atoms with Gasteiger partial charge in [0.05, 0.1) is 6.42 Å². The normalized spacial score (nSPS) is 11.5. The third-order valence-electron chi connectivity index (χ3n) is 3.74. The van der Waals surface area contributed by atoms with E-state index in [4.69, 9.17) is 16.7 Å². The molecule has 10 heteroatoms. The number of nitrogens with one attached hydrogen (secondary N) is 1. The van der Waals surface area contributed by atoms with Crippen molar-refractivity contribution in [2.24, 2.45) is 5.14 Å². The van der Waals surface area contributed by atoms with Gasteiger partial charge in [-0.25, -0.2) is 4.98 Å². The number of aromatic nitrogens is 1. The van der Waals surface area contributed by atoms with Gasteiger partial charge in [-0.2, -0.15) is 0 Å². The lowest BCUT2D eigenvalue weighted by atomic mass is 10.1. The first-order chi connectivity index (χ1) is 13.3. The summed E-state index contributed by atoms with van der Waals surface area (Å²) in [7, 11) is 0. The van der Waals surface area contributed by atoms with E-state index in [1.165, 1.54) is 18.3 Å². The predicted octanol–water partition coefficient (Wildman–Crippen LogP) is 4.93. The predicted molar refractivity (Wildman–Crippen MR) is 102 cm³/mol. The van der Waals surface area contributed by atoms with Crippen molar-refractivity contribution >= 4 is 45.9 Å². The third kappa shape index (κ3) is 4.86. The number of amides is 1. The summed E-state index contributed by atoms with van der Waals surface area (Å²) >= 11 is 6.88. The zero-order chi connectivity index (χ0) is 20.3. The van der Waals surface area contributed by atoms with E-state index < -0.39 is 12.2 Å². The van der Waals surface area contributed by atoms with Crippen molar-refractivity contribution in [2.45, 2.75) is 17.7 Å². The first-order valence-electron chi connectivity index (χ1n) is 7.85. The highest BCUT2D eigenvalue weighted by atomic mass is 35.5. The molecule has 3 aromatic rings. The van der Waals surface area contributed by atoms with Gasteiger partial charge < -0.3 is 10.1 Å². The Kier molecular flexibility index (Phi) is 5.97. The number of nitrogens with two attached hydrogens (primary N) is 1. The van der Waals surface area contributed by atoms with Crippen molar-refractivity contribution < 1.29 is 22.7 Å². The summed E-state index contributed by atoms with van der Waals surface area (Å²) in [5.74, 6) is -1.01. The number of rotatable bonds is 5. The molecule has 2 aromatic carbocycles. The molecular formula is C18H13ClF3N3O2S. The Morgan fingerprint density at radius 1 is 1.21 bits per heavy atom. The van der Waals surface area contributed by atoms with Crippen LogP contribution in [0, 0.1) is 0 Å². The van der Waals surface area contributed by atoms with Gasteiger partial charge in [0, 0.05) is 32.6 Å². The van der Waals surface area contributed by atoms with Crippen LogP contribution < -0.4 is 15.2 Å². The largest absolute Gasteiger partial charge is 0.574 e. The van der Waals surface area contributed by atoms with Crippen LogP contribution in [0.2, 0.25) is 5.02 Å². The molecule has 0 atom stereocenters. The van der Waals surface area contributed by atoms with E-state index in [1.54, 1.807) is 30.3 Å². The van der Waals surface area contributed by atoms with Crippen molar-refractivity contribution in [3.63, 3.8) is 0 Å². The smallest absolute Gasteiger partial charge is 0.387 e. The van der Waals surface area contributed by atoms with Crippen LogP contribution in [-0.4, -0.2) is 17.3 Å². The number of fused-ring (bicyclic) bond motifs is 1. The summed E-state index contributed by atoms with van der Waals surface area (Å²) in [6, 6.07) is 11.3. The molecule has 0 fully saturated rings. The highest BCUT2D eigenvalue weighted by Crippen LogP contribution is 2.35. The van der Waals surface area contributed by atoms with Crippen molar-refractivity contribution in [1.82, 2.24) is 4.98 Å². The standard InChI is InChI=1S/C18H13ClF3N3O2S/c19-14-4-2-1-3-10(14)7-16(26)25-11-8-13-12(15(9-11)28-23)5-6-24-17(13)27-18(20,21)22/h1-6,8-9H,7,23H2,(H,25,26). The van der Waals surface area contributed by atoms with Crippen LogP contribution in [0.15, 0.2) is 53.6 Å². The number of benzene rings is 2. The number of alkyl halides is 3. The van der Waals surface area contributed by atoms with Crippen molar-refractivity contribution in [3.05, 3.63) is 59.2 Å². The first kappa shape index (κ1) is 20.2. The Morgan fingerprint density at radius 2 is 1.96 bits per heavy atom. The van der Waals surface area contributed by atoms with Gasteiger partial charge in [-0.15, -0.1) is 13.2 Å². The average Bonchev–Trinajstić information content (AvgIpc) is 2.62. The van der Waals surface area contributed by atoms with Gasteiger partial charge in [0.2, 0.25) is 11.8 Å². The number of pyridine rings is 1. The minimum atomic E-state index is -4.90. The number of hydrogen-bond donors (Lipinski definition) is 2. The van der Waals surface area contributed by atoms with Crippen LogP contribution in [0.3, 0.4) is 0 Å². The Hall–Kier alpha value is -2.49. The third-order valence-corrected chi connectivity index (χ3v) is 4.70. The van der Waals surface area contributed by atoms with Gasteiger partial charge in [-0.3, -0.25) is 9.93 Å². The topological polar surface area (TPSA) is 77.2 Å². The Labute approximate surface area is 167 Å². The molecule has 3 N–H and O–H groups in total. The summed E-state index contributed by atoms with van der Waals surface area (Å²) in [4.78, 5) is 16.5. The molecule has 0 saturated heterocycles. The number of hydrogen-bond acceptors (Lipinski definition) is 5. The van der Waals surface area contributed by atoms with Gasteiger partial charge in [-0.1, -0.05) is 29.8 Å². The van der Waals surface area contributed by atoms with Crippen molar-refractivity contribution in [1.29, 1.82) is 0 Å². The molecule has 0 unspecified atom stereocenters. The van der Waals surface area contributed by atoms with E-state index in [0.717, 1.165) is 11.9 Å². The second-order valence-corrected chi connectivity index (χ2v) is 6.75. The maximum atomic E-state index is 12.7. The molecular weight excluding hydrogens is 415 g/mol. The van der Waals surface area contributed by atoms with Crippen LogP contribution in [0.1, 0.15) is 5.56 Å². The second-order valence-electron chi connectivity index (χ2n) is 5.67. The van der Waals surface area contributed by atoms with E-state index >= 15 is 0 Å². The van der Waals surface area contributed by atoms with E-state index in [9.17, 15) is 18.0 Å². The first-order valence-corrected chi connectivity index (χ1v) is 9.11. The molecule has 0 bridgehead atoms. The molecule has 0 aliphatic rings. The molecule has 1 amide bonds. The SMILES string of the molecule is NSc1cc(NC(=O)Cc2ccccc2Cl)cc2c(OC(F)(F)F)nccc12. The number of anilines is 1. The molecule has 1 aromatic heterocycles. The fourth-order valence-electron chi connectivity index (χ4n) is 2.61. The van der Waals surface area contributed by atoms with E-state index in [0.29, 0.717) is 20.9 Å². The van der Waals surface area contributed by atoms with E-state index in [2.05, 4.69) is 15.0 Å². The summed E-state index contributed by atoms with van der Waals surface area (Å²) in [6.45, 7) is 0.